The molecule has 0 spiro atoms. The third-order valence-electron chi connectivity index (χ3n) is 3.47. The molecule has 0 bridgehead atoms. The summed E-state index contributed by atoms with van der Waals surface area (Å²) in [5.41, 5.74) is 0. The Morgan fingerprint density at radius 2 is 2.05 bits per heavy atom. The lowest BCUT2D eigenvalue weighted by atomic mass is 10.2. The zero-order chi connectivity index (χ0) is 14.9. The third-order valence-corrected chi connectivity index (χ3v) is 4.87. The number of carbonyl (C=O) groups is 1. The van der Waals surface area contributed by atoms with Crippen molar-refractivity contribution in [3.63, 3.8) is 0 Å². The van der Waals surface area contributed by atoms with Crippen LogP contribution in [0.5, 0.6) is 0 Å². The van der Waals surface area contributed by atoms with Gasteiger partial charge in [0.2, 0.25) is 15.9 Å². The normalized spacial score (nSPS) is 20.4. The molecule has 0 radical (unpaired) electrons. The van der Waals surface area contributed by atoms with Crippen LogP contribution in [-0.4, -0.2) is 57.4 Å². The summed E-state index contributed by atoms with van der Waals surface area (Å²) < 4.78 is 25.5. The second-order valence-electron chi connectivity index (χ2n) is 4.69. The molecule has 0 aromatic carbocycles. The molecular weight excluding hydrogens is 280 g/mol. The van der Waals surface area contributed by atoms with E-state index < -0.39 is 10.0 Å². The first kappa shape index (κ1) is 14.7. The molecule has 0 saturated carbocycles. The van der Waals surface area contributed by atoms with Crippen molar-refractivity contribution in [2.45, 2.75) is 17.9 Å². The summed E-state index contributed by atoms with van der Waals surface area (Å²) in [5, 5.41) is 0. The smallest absolute Gasteiger partial charge is 0.244 e. The largest absolute Gasteiger partial charge is 0.343 e. The average molecular weight is 298 g/mol. The van der Waals surface area contributed by atoms with E-state index in [-0.39, 0.29) is 16.8 Å². The van der Waals surface area contributed by atoms with Crippen LogP contribution in [0.2, 0.25) is 0 Å². The molecule has 8 heteroatoms. The number of likely N-dealkylation sites (N-methyl/N-ethyl adjacent to an activating group) is 1. The van der Waals surface area contributed by atoms with Gasteiger partial charge in [-0.3, -0.25) is 4.79 Å². The second-order valence-corrected chi connectivity index (χ2v) is 6.58. The van der Waals surface area contributed by atoms with Gasteiger partial charge in [0.1, 0.15) is 16.8 Å². The van der Waals surface area contributed by atoms with E-state index in [1.54, 1.807) is 18.0 Å². The number of sulfonamides is 1. The fraction of sp³-hybridized carbons (Fsp3) is 0.500. The summed E-state index contributed by atoms with van der Waals surface area (Å²) in [4.78, 5) is 19.8. The Morgan fingerprint density at radius 3 is 2.60 bits per heavy atom. The molecule has 1 N–H and O–H groups in total. The molecule has 1 atom stereocenters. The lowest BCUT2D eigenvalue weighted by molar-refractivity contribution is -0.132. The molecule has 1 aliphatic heterocycles. The minimum absolute atomic E-state index is 0.0324. The second kappa shape index (κ2) is 5.37. The van der Waals surface area contributed by atoms with Crippen LogP contribution in [0.15, 0.2) is 23.2 Å². The van der Waals surface area contributed by atoms with Gasteiger partial charge in [-0.15, -0.1) is 0 Å². The highest BCUT2D eigenvalue weighted by Gasteiger charge is 2.30. The van der Waals surface area contributed by atoms with Crippen molar-refractivity contribution in [1.82, 2.24) is 14.6 Å². The van der Waals surface area contributed by atoms with E-state index in [0.717, 1.165) is 0 Å². The number of pyridine rings is 1. The number of anilines is 1. The SMILES string of the molecule is CNS(=O)(=O)c1ccc(N2CCN(C)C(=O)[C@H]2C)nc1. The summed E-state index contributed by atoms with van der Waals surface area (Å²) in [6.45, 7) is 3.12. The standard InChI is InChI=1S/C12H18N4O3S/c1-9-12(17)15(3)6-7-16(9)11-5-4-10(8-14-11)20(18,19)13-2/h4-5,8-9,13H,6-7H2,1-3H3/t9-/m1/s1. The van der Waals surface area contributed by atoms with Crippen molar-refractivity contribution < 1.29 is 13.2 Å². The van der Waals surface area contributed by atoms with Crippen molar-refractivity contribution in [2.24, 2.45) is 0 Å². The highest BCUT2D eigenvalue weighted by Crippen LogP contribution is 2.19. The Labute approximate surface area is 118 Å². The summed E-state index contributed by atoms with van der Waals surface area (Å²) >= 11 is 0. The number of nitrogens with one attached hydrogen (secondary N) is 1. The Balaban J connectivity index is 2.25. The van der Waals surface area contributed by atoms with Crippen LogP contribution in [0.1, 0.15) is 6.92 Å². The maximum Gasteiger partial charge on any atom is 0.244 e. The van der Waals surface area contributed by atoms with E-state index in [0.29, 0.717) is 18.9 Å². The Hall–Kier alpha value is -1.67. The summed E-state index contributed by atoms with van der Waals surface area (Å²) in [7, 11) is -0.363. The molecule has 1 aliphatic rings. The minimum Gasteiger partial charge on any atom is -0.343 e. The number of carbonyl (C=O) groups excluding carboxylic acids is 1. The van der Waals surface area contributed by atoms with E-state index >= 15 is 0 Å². The first-order valence-electron chi connectivity index (χ1n) is 6.28. The summed E-state index contributed by atoms with van der Waals surface area (Å²) in [6.07, 6.45) is 1.30. The fourth-order valence-corrected chi connectivity index (χ4v) is 2.82. The van der Waals surface area contributed by atoms with Gasteiger partial charge in [-0.2, -0.15) is 0 Å². The molecule has 1 amide bonds. The molecular formula is C12H18N4O3S. The highest BCUT2D eigenvalue weighted by molar-refractivity contribution is 7.89. The molecule has 110 valence electrons. The van der Waals surface area contributed by atoms with Gasteiger partial charge in [-0.25, -0.2) is 18.1 Å². The third kappa shape index (κ3) is 2.61. The molecule has 1 aromatic rings. The van der Waals surface area contributed by atoms with E-state index in [9.17, 15) is 13.2 Å². The summed E-state index contributed by atoms with van der Waals surface area (Å²) in [6, 6.07) is 2.82. The topological polar surface area (TPSA) is 82.6 Å². The number of rotatable bonds is 3. The van der Waals surface area contributed by atoms with Gasteiger partial charge < -0.3 is 9.80 Å². The quantitative estimate of drug-likeness (QED) is 0.825. The van der Waals surface area contributed by atoms with E-state index in [1.807, 2.05) is 11.8 Å². The molecule has 1 saturated heterocycles. The number of hydrogen-bond donors (Lipinski definition) is 1. The number of nitrogens with zero attached hydrogens (tertiary/aromatic N) is 3. The highest BCUT2D eigenvalue weighted by atomic mass is 32.2. The lowest BCUT2D eigenvalue weighted by Crippen LogP contribution is -2.54. The molecule has 1 fully saturated rings. The van der Waals surface area contributed by atoms with Gasteiger partial charge in [0.15, 0.2) is 0 Å². The lowest BCUT2D eigenvalue weighted by Gasteiger charge is -2.38. The van der Waals surface area contributed by atoms with Crippen LogP contribution in [0.25, 0.3) is 0 Å². The Bertz CT molecular complexity index is 600. The van der Waals surface area contributed by atoms with Crippen LogP contribution < -0.4 is 9.62 Å². The predicted molar refractivity (Wildman–Crippen MR) is 74.9 cm³/mol. The first-order chi connectivity index (χ1) is 9.36. The van der Waals surface area contributed by atoms with Crippen LogP contribution >= 0.6 is 0 Å². The van der Waals surface area contributed by atoms with Crippen LogP contribution in [0.4, 0.5) is 5.82 Å². The maximum atomic E-state index is 11.9. The number of amides is 1. The number of piperazine rings is 1. The van der Waals surface area contributed by atoms with Gasteiger partial charge in [0.25, 0.3) is 0 Å². The maximum absolute atomic E-state index is 11.9. The molecule has 0 aliphatic carbocycles. The van der Waals surface area contributed by atoms with Crippen molar-refractivity contribution in [2.75, 3.05) is 32.1 Å². The first-order valence-corrected chi connectivity index (χ1v) is 7.76. The summed E-state index contributed by atoms with van der Waals surface area (Å²) in [5.74, 6) is 0.638. The number of aromatic nitrogens is 1. The van der Waals surface area contributed by atoms with Crippen molar-refractivity contribution in [3.05, 3.63) is 18.3 Å². The Morgan fingerprint density at radius 1 is 1.35 bits per heavy atom. The van der Waals surface area contributed by atoms with Gasteiger partial charge in [-0.1, -0.05) is 0 Å². The molecule has 2 heterocycles. The van der Waals surface area contributed by atoms with E-state index in [1.165, 1.54) is 19.3 Å². The van der Waals surface area contributed by atoms with E-state index in [2.05, 4.69) is 9.71 Å². The Kier molecular flexibility index (Phi) is 3.96. The molecule has 20 heavy (non-hydrogen) atoms. The predicted octanol–water partition coefficient (Wildman–Crippen LogP) is -0.343. The van der Waals surface area contributed by atoms with Crippen LogP contribution in [0, 0.1) is 0 Å². The van der Waals surface area contributed by atoms with Crippen LogP contribution in [-0.2, 0) is 14.8 Å². The minimum atomic E-state index is -3.48. The van der Waals surface area contributed by atoms with Gasteiger partial charge in [0.05, 0.1) is 0 Å². The van der Waals surface area contributed by atoms with Crippen molar-refractivity contribution in [3.8, 4) is 0 Å². The molecule has 2 rings (SSSR count). The van der Waals surface area contributed by atoms with Crippen LogP contribution in [0.3, 0.4) is 0 Å². The molecule has 0 unspecified atom stereocenters. The van der Waals surface area contributed by atoms with Crippen molar-refractivity contribution >= 4 is 21.7 Å². The zero-order valence-corrected chi connectivity index (χ0v) is 12.5. The monoisotopic (exact) mass is 298 g/mol. The fourth-order valence-electron chi connectivity index (χ4n) is 2.15. The molecule has 7 nitrogen and oxygen atoms in total. The average Bonchev–Trinajstić information content (AvgIpc) is 2.45. The van der Waals surface area contributed by atoms with Gasteiger partial charge in [-0.05, 0) is 26.1 Å². The van der Waals surface area contributed by atoms with E-state index in [4.69, 9.17) is 0 Å². The van der Waals surface area contributed by atoms with Gasteiger partial charge in [0, 0.05) is 26.3 Å². The van der Waals surface area contributed by atoms with Gasteiger partial charge >= 0.3 is 0 Å². The number of hydrogen-bond acceptors (Lipinski definition) is 5. The van der Waals surface area contributed by atoms with Crippen molar-refractivity contribution in [1.29, 1.82) is 0 Å². The molecule has 1 aromatic heterocycles. The zero-order valence-electron chi connectivity index (χ0n) is 11.7.